The molecule has 0 saturated heterocycles. The molecule has 6 nitrogen and oxygen atoms in total. The van der Waals surface area contributed by atoms with Crippen molar-refractivity contribution in [3.63, 3.8) is 0 Å². The molecule has 0 unspecified atom stereocenters. The number of carbonyl (C=O) groups excluding carboxylic acids is 1. The summed E-state index contributed by atoms with van der Waals surface area (Å²) in [7, 11) is 0. The lowest BCUT2D eigenvalue weighted by molar-refractivity contribution is -0.155. The first-order valence-electron chi connectivity index (χ1n) is 6.93. The van der Waals surface area contributed by atoms with E-state index in [4.69, 9.17) is 21.4 Å². The van der Waals surface area contributed by atoms with Gasteiger partial charge >= 0.3 is 11.9 Å². The van der Waals surface area contributed by atoms with Crippen LogP contribution in [-0.4, -0.2) is 32.2 Å². The number of hydrogen-bond acceptors (Lipinski definition) is 4. The van der Waals surface area contributed by atoms with Crippen molar-refractivity contribution in [2.75, 3.05) is 0 Å². The fourth-order valence-corrected chi connectivity index (χ4v) is 2.28. The lowest BCUT2D eigenvalue weighted by Crippen LogP contribution is -2.26. The van der Waals surface area contributed by atoms with E-state index in [2.05, 4.69) is 4.98 Å². The Balaban J connectivity index is 2.45. The fraction of sp³-hybridized carbons (Fsp3) is 0.312. The third-order valence-corrected chi connectivity index (χ3v) is 3.10. The Morgan fingerprint density at radius 3 is 2.70 bits per heavy atom. The maximum absolute atomic E-state index is 12.1. The average Bonchev–Trinajstić information content (AvgIpc) is 2.72. The van der Waals surface area contributed by atoms with Gasteiger partial charge in [-0.15, -0.1) is 0 Å². The monoisotopic (exact) mass is 336 g/mol. The molecule has 0 aliphatic rings. The van der Waals surface area contributed by atoms with Crippen LogP contribution in [0.5, 0.6) is 0 Å². The van der Waals surface area contributed by atoms with Crippen LogP contribution in [-0.2, 0) is 20.9 Å². The molecule has 1 N–H and O–H groups in total. The zero-order valence-electron chi connectivity index (χ0n) is 13.0. The minimum Gasteiger partial charge on any atom is -0.478 e. The van der Waals surface area contributed by atoms with E-state index in [-0.39, 0.29) is 11.7 Å². The lowest BCUT2D eigenvalue weighted by atomic mass is 10.2. The molecule has 0 amide bonds. The Morgan fingerprint density at radius 1 is 1.39 bits per heavy atom. The topological polar surface area (TPSA) is 81.4 Å². The number of carboxylic acids is 1. The van der Waals surface area contributed by atoms with Gasteiger partial charge in [0.2, 0.25) is 0 Å². The molecular weight excluding hydrogens is 320 g/mol. The van der Waals surface area contributed by atoms with E-state index in [9.17, 15) is 9.59 Å². The van der Waals surface area contributed by atoms with Crippen LogP contribution in [0.25, 0.3) is 17.0 Å². The van der Waals surface area contributed by atoms with Crippen molar-refractivity contribution in [1.29, 1.82) is 0 Å². The minimum absolute atomic E-state index is 0.0552. The van der Waals surface area contributed by atoms with Crippen molar-refractivity contribution >= 4 is 40.5 Å². The van der Waals surface area contributed by atoms with E-state index in [1.807, 2.05) is 0 Å². The normalized spacial score (nSPS) is 12.0. The molecule has 0 aliphatic carbocycles. The van der Waals surface area contributed by atoms with Crippen LogP contribution < -0.4 is 0 Å². The van der Waals surface area contributed by atoms with Crippen LogP contribution in [0.4, 0.5) is 0 Å². The number of rotatable bonds is 4. The largest absolute Gasteiger partial charge is 0.478 e. The SMILES string of the molecule is CC(C)(C)OC(=O)Cn1c(C=CC(=O)O)cc2cnc(Cl)cc21. The molecule has 122 valence electrons. The van der Waals surface area contributed by atoms with E-state index in [0.29, 0.717) is 11.2 Å². The van der Waals surface area contributed by atoms with E-state index >= 15 is 0 Å². The molecule has 0 aromatic carbocycles. The van der Waals surface area contributed by atoms with E-state index < -0.39 is 17.5 Å². The van der Waals surface area contributed by atoms with Crippen molar-refractivity contribution < 1.29 is 19.4 Å². The molecule has 0 bridgehead atoms. The quantitative estimate of drug-likeness (QED) is 0.527. The molecule has 2 heterocycles. The predicted molar refractivity (Wildman–Crippen MR) is 87.3 cm³/mol. The number of nitrogens with zero attached hydrogens (tertiary/aromatic N) is 2. The van der Waals surface area contributed by atoms with Crippen LogP contribution in [0.15, 0.2) is 24.4 Å². The fourth-order valence-electron chi connectivity index (χ4n) is 2.13. The third kappa shape index (κ3) is 4.56. The van der Waals surface area contributed by atoms with Crippen molar-refractivity contribution in [3.05, 3.63) is 35.3 Å². The molecule has 0 fully saturated rings. The van der Waals surface area contributed by atoms with Gasteiger partial charge in [0.15, 0.2) is 0 Å². The summed E-state index contributed by atoms with van der Waals surface area (Å²) in [6.45, 7) is 5.29. The highest BCUT2D eigenvalue weighted by atomic mass is 35.5. The maximum atomic E-state index is 12.1. The number of aromatic nitrogens is 2. The first kappa shape index (κ1) is 17.0. The average molecular weight is 337 g/mol. The number of halogens is 1. The summed E-state index contributed by atoms with van der Waals surface area (Å²) in [4.78, 5) is 26.8. The Hall–Kier alpha value is -2.34. The van der Waals surface area contributed by atoms with Crippen LogP contribution in [0.3, 0.4) is 0 Å². The van der Waals surface area contributed by atoms with Gasteiger partial charge in [-0.25, -0.2) is 9.78 Å². The molecule has 0 atom stereocenters. The van der Waals surface area contributed by atoms with Crippen LogP contribution in [0, 0.1) is 0 Å². The number of pyridine rings is 1. The Labute approximate surface area is 138 Å². The van der Waals surface area contributed by atoms with Gasteiger partial charge in [-0.05, 0) is 39.0 Å². The summed E-state index contributed by atoms with van der Waals surface area (Å²) in [5.41, 5.74) is 0.634. The number of carboxylic acid groups (broad SMARTS) is 1. The summed E-state index contributed by atoms with van der Waals surface area (Å²) >= 11 is 5.92. The zero-order valence-corrected chi connectivity index (χ0v) is 13.8. The molecule has 2 aromatic heterocycles. The van der Waals surface area contributed by atoms with Gasteiger partial charge in [0, 0.05) is 23.4 Å². The van der Waals surface area contributed by atoms with Gasteiger partial charge in [-0.3, -0.25) is 4.79 Å². The van der Waals surface area contributed by atoms with Crippen molar-refractivity contribution in [2.24, 2.45) is 0 Å². The summed E-state index contributed by atoms with van der Waals surface area (Å²) < 4.78 is 6.97. The highest BCUT2D eigenvalue weighted by Crippen LogP contribution is 2.23. The molecule has 0 radical (unpaired) electrons. The first-order chi connectivity index (χ1) is 10.7. The number of carbonyl (C=O) groups is 2. The molecular formula is C16H17ClN2O4. The first-order valence-corrected chi connectivity index (χ1v) is 7.31. The van der Waals surface area contributed by atoms with Gasteiger partial charge in [0.1, 0.15) is 17.3 Å². The summed E-state index contributed by atoms with van der Waals surface area (Å²) in [6, 6.07) is 3.36. The van der Waals surface area contributed by atoms with Gasteiger partial charge < -0.3 is 14.4 Å². The molecule has 0 aliphatic heterocycles. The molecule has 7 heteroatoms. The second-order valence-electron chi connectivity index (χ2n) is 5.98. The number of hydrogen-bond donors (Lipinski definition) is 1. The summed E-state index contributed by atoms with van der Waals surface area (Å²) in [5, 5.41) is 9.84. The Kier molecular flexibility index (Phi) is 4.75. The summed E-state index contributed by atoms with van der Waals surface area (Å²) in [5.74, 6) is -1.50. The van der Waals surface area contributed by atoms with Crippen molar-refractivity contribution in [1.82, 2.24) is 9.55 Å². The van der Waals surface area contributed by atoms with Gasteiger partial charge in [0.05, 0.1) is 5.52 Å². The molecule has 0 saturated carbocycles. The second kappa shape index (κ2) is 6.42. The lowest BCUT2D eigenvalue weighted by Gasteiger charge is -2.20. The van der Waals surface area contributed by atoms with Crippen LogP contribution >= 0.6 is 11.6 Å². The van der Waals surface area contributed by atoms with Crippen LogP contribution in [0.2, 0.25) is 5.15 Å². The minimum atomic E-state index is -1.07. The predicted octanol–water partition coefficient (Wildman–Crippen LogP) is 3.13. The van der Waals surface area contributed by atoms with Crippen molar-refractivity contribution in [3.8, 4) is 0 Å². The van der Waals surface area contributed by atoms with E-state index in [1.165, 1.54) is 6.08 Å². The van der Waals surface area contributed by atoms with Crippen LogP contribution in [0.1, 0.15) is 26.5 Å². The molecule has 23 heavy (non-hydrogen) atoms. The number of fused-ring (bicyclic) bond motifs is 1. The van der Waals surface area contributed by atoms with Gasteiger partial charge in [-0.1, -0.05) is 11.6 Å². The maximum Gasteiger partial charge on any atom is 0.328 e. The Morgan fingerprint density at radius 2 is 2.09 bits per heavy atom. The second-order valence-corrected chi connectivity index (χ2v) is 6.37. The standard InChI is InChI=1S/C16H17ClN2O4/c1-16(2,3)23-15(22)9-19-11(4-5-14(20)21)6-10-8-18-13(17)7-12(10)19/h4-8H,9H2,1-3H3,(H,20,21). The highest BCUT2D eigenvalue weighted by molar-refractivity contribution is 6.30. The molecule has 2 aromatic rings. The Bertz CT molecular complexity index is 787. The van der Waals surface area contributed by atoms with E-state index in [0.717, 1.165) is 11.5 Å². The molecule has 2 rings (SSSR count). The number of ether oxygens (including phenoxy) is 1. The number of aliphatic carboxylic acids is 1. The van der Waals surface area contributed by atoms with Gasteiger partial charge in [0.25, 0.3) is 0 Å². The van der Waals surface area contributed by atoms with Crippen molar-refractivity contribution in [2.45, 2.75) is 32.9 Å². The number of esters is 1. The third-order valence-electron chi connectivity index (χ3n) is 2.89. The van der Waals surface area contributed by atoms with E-state index in [1.54, 1.807) is 43.7 Å². The summed E-state index contributed by atoms with van der Waals surface area (Å²) in [6.07, 6.45) is 4.00. The highest BCUT2D eigenvalue weighted by Gasteiger charge is 2.18. The molecule has 0 spiro atoms. The smallest absolute Gasteiger partial charge is 0.328 e. The zero-order chi connectivity index (χ0) is 17.2. The van der Waals surface area contributed by atoms with Gasteiger partial charge in [-0.2, -0.15) is 0 Å².